The molecular formula is C18H23Cl2N. The number of hydrogen-bond donors (Lipinski definition) is 1. The molecule has 0 amide bonds. The van der Waals surface area contributed by atoms with Crippen LogP contribution >= 0.6 is 23.2 Å². The van der Waals surface area contributed by atoms with Gasteiger partial charge in [0.25, 0.3) is 0 Å². The zero-order valence-electron chi connectivity index (χ0n) is 12.5. The summed E-state index contributed by atoms with van der Waals surface area (Å²) in [6.45, 7) is 3.23. The van der Waals surface area contributed by atoms with E-state index in [1.807, 2.05) is 18.2 Å². The van der Waals surface area contributed by atoms with Crippen LogP contribution in [0.3, 0.4) is 0 Å². The summed E-state index contributed by atoms with van der Waals surface area (Å²) in [5, 5.41) is 5.37. The van der Waals surface area contributed by atoms with Gasteiger partial charge < -0.3 is 5.32 Å². The molecule has 1 nitrogen and oxygen atoms in total. The van der Waals surface area contributed by atoms with Crippen LogP contribution in [0.5, 0.6) is 0 Å². The van der Waals surface area contributed by atoms with E-state index >= 15 is 0 Å². The predicted octanol–water partition coefficient (Wildman–Crippen LogP) is 4.81. The molecule has 21 heavy (non-hydrogen) atoms. The summed E-state index contributed by atoms with van der Waals surface area (Å²) in [5.74, 6) is 4.90. The second-order valence-electron chi connectivity index (χ2n) is 7.13. The van der Waals surface area contributed by atoms with Crippen LogP contribution in [0.1, 0.15) is 31.7 Å². The van der Waals surface area contributed by atoms with E-state index in [1.165, 1.54) is 19.3 Å². The van der Waals surface area contributed by atoms with Crippen molar-refractivity contribution < 1.29 is 0 Å². The Hall–Kier alpha value is -0.240. The summed E-state index contributed by atoms with van der Waals surface area (Å²) in [6, 6.07) is 6.40. The number of hydrogen-bond acceptors (Lipinski definition) is 1. The Kier molecular flexibility index (Phi) is 3.72. The molecule has 0 saturated heterocycles. The van der Waals surface area contributed by atoms with E-state index in [0.29, 0.717) is 6.04 Å². The molecule has 3 saturated carbocycles. The largest absolute Gasteiger partial charge is 0.314 e. The summed E-state index contributed by atoms with van der Waals surface area (Å²) in [7, 11) is 0. The van der Waals surface area contributed by atoms with E-state index in [4.69, 9.17) is 23.2 Å². The van der Waals surface area contributed by atoms with Gasteiger partial charge in [-0.1, -0.05) is 36.2 Å². The lowest BCUT2D eigenvalue weighted by atomic mass is 9.93. The monoisotopic (exact) mass is 323 g/mol. The first-order chi connectivity index (χ1) is 10.2. The summed E-state index contributed by atoms with van der Waals surface area (Å²) < 4.78 is 0. The van der Waals surface area contributed by atoms with Gasteiger partial charge in [-0.3, -0.25) is 0 Å². The highest BCUT2D eigenvalue weighted by Crippen LogP contribution is 2.70. The zero-order valence-corrected chi connectivity index (χ0v) is 14.0. The van der Waals surface area contributed by atoms with Crippen LogP contribution in [0, 0.1) is 29.6 Å². The van der Waals surface area contributed by atoms with Gasteiger partial charge in [-0.2, -0.15) is 0 Å². The molecule has 5 unspecified atom stereocenters. The van der Waals surface area contributed by atoms with Crippen LogP contribution in [-0.2, 0) is 6.42 Å². The second-order valence-corrected chi connectivity index (χ2v) is 7.95. The van der Waals surface area contributed by atoms with E-state index in [2.05, 4.69) is 12.2 Å². The average Bonchev–Trinajstić information content (AvgIpc) is 2.89. The fourth-order valence-corrected chi connectivity index (χ4v) is 6.04. The average molecular weight is 324 g/mol. The van der Waals surface area contributed by atoms with Crippen molar-refractivity contribution in [3.8, 4) is 0 Å². The second kappa shape index (κ2) is 5.44. The molecule has 0 radical (unpaired) electrons. The van der Waals surface area contributed by atoms with E-state index in [9.17, 15) is 0 Å². The minimum atomic E-state index is 0.547. The molecule has 1 aromatic carbocycles. The van der Waals surface area contributed by atoms with Gasteiger partial charge in [0.15, 0.2) is 0 Å². The number of nitrogens with one attached hydrogen (secondary N) is 1. The Morgan fingerprint density at radius 3 is 2.33 bits per heavy atom. The Labute approximate surface area is 137 Å². The van der Waals surface area contributed by atoms with Crippen LogP contribution in [0.25, 0.3) is 0 Å². The van der Waals surface area contributed by atoms with Gasteiger partial charge in [0.2, 0.25) is 0 Å². The summed E-state index contributed by atoms with van der Waals surface area (Å²) in [4.78, 5) is 0. The third-order valence-electron chi connectivity index (χ3n) is 6.21. The van der Waals surface area contributed by atoms with Gasteiger partial charge >= 0.3 is 0 Å². The van der Waals surface area contributed by atoms with Gasteiger partial charge in [0.05, 0.1) is 0 Å². The zero-order chi connectivity index (χ0) is 14.6. The fraction of sp³-hybridized carbons (Fsp3) is 0.667. The molecule has 3 heteroatoms. The van der Waals surface area contributed by atoms with Crippen molar-refractivity contribution in [1.82, 2.24) is 5.32 Å². The molecule has 2 bridgehead atoms. The highest BCUT2D eigenvalue weighted by atomic mass is 35.5. The lowest BCUT2D eigenvalue weighted by Crippen LogP contribution is -2.35. The standard InChI is InChI=1S/C18H23Cl2N/c1-2-21-15(9-12-13(19)4-3-5-14(12)20)18-16-10-6-7-11(8-10)17(16)18/h3-5,10-11,15-18,21H,2,6-9H2,1H3. The topological polar surface area (TPSA) is 12.0 Å². The van der Waals surface area contributed by atoms with Crippen LogP contribution in [0.4, 0.5) is 0 Å². The molecule has 3 aliphatic rings. The molecule has 0 aromatic heterocycles. The van der Waals surface area contributed by atoms with Crippen LogP contribution in [-0.4, -0.2) is 12.6 Å². The summed E-state index contributed by atoms with van der Waals surface area (Å²) in [6.07, 6.45) is 5.45. The lowest BCUT2D eigenvalue weighted by Gasteiger charge is -2.22. The maximum Gasteiger partial charge on any atom is 0.0453 e. The molecule has 1 N–H and O–H groups in total. The fourth-order valence-electron chi connectivity index (χ4n) is 5.48. The van der Waals surface area contributed by atoms with Gasteiger partial charge in [0, 0.05) is 16.1 Å². The number of benzene rings is 1. The third kappa shape index (κ3) is 2.33. The summed E-state index contributed by atoms with van der Waals surface area (Å²) >= 11 is 12.8. The Morgan fingerprint density at radius 2 is 1.76 bits per heavy atom. The summed E-state index contributed by atoms with van der Waals surface area (Å²) in [5.41, 5.74) is 1.13. The smallest absolute Gasteiger partial charge is 0.0453 e. The molecule has 0 spiro atoms. The molecule has 1 aromatic rings. The Morgan fingerprint density at radius 1 is 1.14 bits per heavy atom. The minimum absolute atomic E-state index is 0.547. The van der Waals surface area contributed by atoms with E-state index in [-0.39, 0.29) is 0 Å². The van der Waals surface area contributed by atoms with Crippen molar-refractivity contribution in [2.45, 2.75) is 38.6 Å². The van der Waals surface area contributed by atoms with Crippen molar-refractivity contribution in [3.05, 3.63) is 33.8 Å². The highest BCUT2D eigenvalue weighted by molar-refractivity contribution is 6.36. The Balaban J connectivity index is 1.54. The van der Waals surface area contributed by atoms with Crippen molar-refractivity contribution in [2.75, 3.05) is 6.54 Å². The molecule has 4 rings (SSSR count). The normalized spacial score (nSPS) is 37.6. The lowest BCUT2D eigenvalue weighted by molar-refractivity contribution is 0.366. The maximum absolute atomic E-state index is 6.38. The molecule has 5 atom stereocenters. The van der Waals surface area contributed by atoms with Crippen molar-refractivity contribution in [1.29, 1.82) is 0 Å². The van der Waals surface area contributed by atoms with Gasteiger partial charge in [-0.05, 0) is 79.5 Å². The van der Waals surface area contributed by atoms with Crippen LogP contribution in [0.15, 0.2) is 18.2 Å². The van der Waals surface area contributed by atoms with Crippen LogP contribution in [0.2, 0.25) is 10.0 Å². The van der Waals surface area contributed by atoms with Crippen molar-refractivity contribution >= 4 is 23.2 Å². The third-order valence-corrected chi connectivity index (χ3v) is 6.92. The molecular weight excluding hydrogens is 301 g/mol. The van der Waals surface area contributed by atoms with E-state index in [0.717, 1.165) is 58.2 Å². The molecule has 0 aliphatic heterocycles. The first-order valence-electron chi connectivity index (χ1n) is 8.37. The molecule has 3 fully saturated rings. The SMILES string of the molecule is CCNC(Cc1c(Cl)cccc1Cl)C1C2C3CCC(C3)C21. The first-order valence-corrected chi connectivity index (χ1v) is 9.12. The van der Waals surface area contributed by atoms with Gasteiger partial charge in [-0.25, -0.2) is 0 Å². The quantitative estimate of drug-likeness (QED) is 0.820. The molecule has 0 heterocycles. The Bertz CT molecular complexity index is 508. The first kappa shape index (κ1) is 14.4. The molecule has 114 valence electrons. The van der Waals surface area contributed by atoms with Crippen molar-refractivity contribution in [3.63, 3.8) is 0 Å². The van der Waals surface area contributed by atoms with Crippen LogP contribution < -0.4 is 5.32 Å². The van der Waals surface area contributed by atoms with E-state index in [1.54, 1.807) is 0 Å². The number of likely N-dealkylation sites (N-methyl/N-ethyl adjacent to an activating group) is 1. The maximum atomic E-state index is 6.38. The van der Waals surface area contributed by atoms with Gasteiger partial charge in [0.1, 0.15) is 0 Å². The van der Waals surface area contributed by atoms with Gasteiger partial charge in [-0.15, -0.1) is 0 Å². The number of fused-ring (bicyclic) bond motifs is 5. The number of halogens is 2. The minimum Gasteiger partial charge on any atom is -0.314 e. The van der Waals surface area contributed by atoms with E-state index < -0.39 is 0 Å². The number of rotatable bonds is 5. The molecule has 3 aliphatic carbocycles. The highest BCUT2D eigenvalue weighted by Gasteiger charge is 2.66. The van der Waals surface area contributed by atoms with Crippen molar-refractivity contribution in [2.24, 2.45) is 29.6 Å². The predicted molar refractivity (Wildman–Crippen MR) is 88.9 cm³/mol.